The first-order chi connectivity index (χ1) is 50.1. The van der Waals surface area contributed by atoms with Crippen molar-refractivity contribution >= 4 is 29.8 Å². The second kappa shape index (κ2) is 58.3. The zero-order valence-electron chi connectivity index (χ0n) is 65.5. The lowest BCUT2D eigenvalue weighted by molar-refractivity contribution is -0.154. The maximum absolute atomic E-state index is 12.5. The number of hydrogen-bond donors (Lipinski definition) is 1. The third-order valence-corrected chi connectivity index (χ3v) is 17.5. The topological polar surface area (TPSA) is 201 Å². The van der Waals surface area contributed by atoms with Gasteiger partial charge in [-0.1, -0.05) is 264 Å². The number of epoxide rings is 1. The zero-order chi connectivity index (χ0) is 76.6. The van der Waals surface area contributed by atoms with E-state index >= 15 is 0 Å². The Labute approximate surface area is 633 Å². The lowest BCUT2D eigenvalue weighted by Gasteiger charge is -2.28. The molecule has 0 radical (unpaired) electrons. The summed E-state index contributed by atoms with van der Waals surface area (Å²) in [7, 11) is 0. The van der Waals surface area contributed by atoms with Crippen molar-refractivity contribution in [1.29, 1.82) is 0 Å². The first-order valence-corrected chi connectivity index (χ1v) is 38.1. The van der Waals surface area contributed by atoms with Gasteiger partial charge in [-0.05, 0) is 147 Å². The molecule has 2 unspecified atom stereocenters. The second-order valence-electron chi connectivity index (χ2n) is 27.5. The van der Waals surface area contributed by atoms with E-state index in [-0.39, 0.29) is 51.5 Å². The number of ether oxygens (including phenoxy) is 10. The maximum atomic E-state index is 12.5. The Kier molecular flexibility index (Phi) is 52.8. The third-order valence-electron chi connectivity index (χ3n) is 17.5. The molecule has 2 fully saturated rings. The van der Waals surface area contributed by atoms with Crippen LogP contribution in [0.5, 0.6) is 11.5 Å². The molecule has 6 aromatic carbocycles. The average molecular weight is 1460 g/mol. The molecular formula is C89H134O16. The van der Waals surface area contributed by atoms with Crippen LogP contribution in [0, 0.1) is 28.6 Å². The molecule has 2 aliphatic rings. The fourth-order valence-electron chi connectivity index (χ4n) is 9.48. The van der Waals surface area contributed by atoms with Crippen LogP contribution in [0.2, 0.25) is 0 Å². The van der Waals surface area contributed by atoms with Crippen LogP contribution >= 0.6 is 0 Å². The van der Waals surface area contributed by atoms with Gasteiger partial charge in [-0.3, -0.25) is 0 Å². The number of para-hydroxylation sites is 2. The molecule has 16 nitrogen and oxygen atoms in total. The molecule has 0 spiro atoms. The number of hydrogen-bond acceptors (Lipinski definition) is 16. The number of carbonyl (C=O) groups is 5. The Balaban J connectivity index is 0.00000131. The molecule has 16 heteroatoms. The number of aliphatic hydroxyl groups is 1. The van der Waals surface area contributed by atoms with E-state index in [9.17, 15) is 24.0 Å². The molecule has 105 heavy (non-hydrogen) atoms. The van der Waals surface area contributed by atoms with Gasteiger partial charge in [-0.15, -0.1) is 0 Å². The van der Waals surface area contributed by atoms with Crippen molar-refractivity contribution in [2.75, 3.05) is 66.4 Å². The van der Waals surface area contributed by atoms with Crippen molar-refractivity contribution in [2.24, 2.45) is 28.6 Å². The highest BCUT2D eigenvalue weighted by Crippen LogP contribution is 2.31. The first-order valence-electron chi connectivity index (χ1n) is 38.1. The minimum absolute atomic E-state index is 0. The van der Waals surface area contributed by atoms with E-state index in [1.54, 1.807) is 48.5 Å². The summed E-state index contributed by atoms with van der Waals surface area (Å²) in [4.78, 5) is 59.6. The molecule has 1 aliphatic carbocycles. The molecule has 586 valence electrons. The summed E-state index contributed by atoms with van der Waals surface area (Å²) in [6.45, 7) is 33.9. The summed E-state index contributed by atoms with van der Waals surface area (Å²) in [6.07, 6.45) is 17.5. The van der Waals surface area contributed by atoms with Crippen LogP contribution in [0.15, 0.2) is 170 Å². The van der Waals surface area contributed by atoms with Crippen LogP contribution in [0.25, 0.3) is 11.1 Å². The van der Waals surface area contributed by atoms with Crippen LogP contribution < -0.4 is 9.47 Å². The van der Waals surface area contributed by atoms with Crippen molar-refractivity contribution in [1.82, 2.24) is 0 Å². The minimum Gasteiger partial charge on any atom is -0.468 e. The van der Waals surface area contributed by atoms with Crippen molar-refractivity contribution in [3.63, 3.8) is 0 Å². The van der Waals surface area contributed by atoms with Crippen LogP contribution in [-0.2, 0) is 42.7 Å². The van der Waals surface area contributed by atoms with Gasteiger partial charge in [0, 0.05) is 6.84 Å². The van der Waals surface area contributed by atoms with Crippen molar-refractivity contribution in [2.45, 2.75) is 219 Å². The Morgan fingerprint density at radius 2 is 0.857 bits per heavy atom. The molecule has 1 heterocycles. The average Bonchev–Trinajstić information content (AvgIpc) is 1.15. The smallest absolute Gasteiger partial charge is 0.338 e. The summed E-state index contributed by atoms with van der Waals surface area (Å²) in [5, 5.41) is 8.80. The van der Waals surface area contributed by atoms with Gasteiger partial charge in [0.25, 0.3) is 0 Å². The third kappa shape index (κ3) is 44.6. The van der Waals surface area contributed by atoms with Crippen LogP contribution in [-0.4, -0.2) is 114 Å². The molecule has 1 N–H and O–H groups in total. The lowest BCUT2D eigenvalue weighted by Crippen LogP contribution is -2.28. The fraction of sp³-hybridized carbons (Fsp3) is 0.539. The van der Waals surface area contributed by atoms with Gasteiger partial charge in [0.15, 0.2) is 13.6 Å². The molecule has 2 atom stereocenters. The predicted molar refractivity (Wildman–Crippen MR) is 426 cm³/mol. The molecular weight excluding hydrogens is 1320 g/mol. The largest absolute Gasteiger partial charge is 0.468 e. The van der Waals surface area contributed by atoms with E-state index in [0.717, 1.165) is 88.9 Å². The Hall–Kier alpha value is -7.89. The fourth-order valence-corrected chi connectivity index (χ4v) is 9.48. The van der Waals surface area contributed by atoms with Gasteiger partial charge >= 0.3 is 29.8 Å². The molecule has 1 aliphatic heterocycles. The normalized spacial score (nSPS) is 14.2. The summed E-state index contributed by atoms with van der Waals surface area (Å²) in [6, 6.07) is 51.7. The van der Waals surface area contributed by atoms with Crippen molar-refractivity contribution in [3.05, 3.63) is 192 Å². The highest BCUT2D eigenvalue weighted by molar-refractivity contribution is 6.03. The van der Waals surface area contributed by atoms with Gasteiger partial charge < -0.3 is 52.5 Å². The molecule has 0 amide bonds. The quantitative estimate of drug-likeness (QED) is 0.0129. The molecule has 1 saturated carbocycles. The van der Waals surface area contributed by atoms with E-state index in [2.05, 4.69) is 62.3 Å². The van der Waals surface area contributed by atoms with Crippen molar-refractivity contribution < 1.29 is 77.9 Å². The Morgan fingerprint density at radius 1 is 0.467 bits per heavy atom. The molecule has 6 aromatic rings. The number of unbranched alkanes of at least 4 members (excludes halogenated alkanes) is 4. The number of esters is 5. The van der Waals surface area contributed by atoms with E-state index in [0.29, 0.717) is 102 Å². The van der Waals surface area contributed by atoms with E-state index in [1.807, 2.05) is 149 Å². The molecule has 8 rings (SSSR count). The van der Waals surface area contributed by atoms with Crippen molar-refractivity contribution in [3.8, 4) is 22.6 Å². The molecule has 0 aromatic heterocycles. The van der Waals surface area contributed by atoms with E-state index < -0.39 is 12.1 Å². The van der Waals surface area contributed by atoms with Crippen LogP contribution in [0.1, 0.15) is 250 Å². The van der Waals surface area contributed by atoms with Gasteiger partial charge in [0.05, 0.1) is 81.2 Å². The van der Waals surface area contributed by atoms with Gasteiger partial charge in [0.1, 0.15) is 17.6 Å². The van der Waals surface area contributed by atoms with E-state index in [4.69, 9.17) is 52.5 Å². The van der Waals surface area contributed by atoms with Gasteiger partial charge in [0.2, 0.25) is 0 Å². The summed E-state index contributed by atoms with van der Waals surface area (Å²) in [5.41, 5.74) is 3.73. The standard InChI is InChI=1S/2C22H26O4.C19H22O4.C9H18O3.C7H16.C5H12.C4H8O.CH4.H2/c23-22(20-7-3-1-4-8-20)25-16-19-13-11-18(12-14-19)15-24-17-26-21-9-5-2-6-10-21;1-3-5-15-25-21(23)19-13-9-7-11-17(19)18-12-8-10-14-20(18)22(24)26-16-6-4-2;1-19(2,13-21-15-23-17-11-7-4-8-12-17)14-22-18(20)16-9-5-3-6-10-16;1-4-8(5-2)6-12-9(11)7(3)10;1-5-7(3,4)6-2;1-3-5-4-2;1-2-4-3-5-4;;/h1-10,18-19H,11-17H2;7-14H,3-6,15-16H2,1-2H3;3-12H,13-15H2,1-2H3;7-8,10H,4-6H2,1-3H3;5-6H2,1-4H3;3-5H2,1-2H3;4H,2-3H2,1H3;1H4;1H. The number of aliphatic hydroxyl groups excluding tert-OH is 1. The lowest BCUT2D eigenvalue weighted by atomic mass is 9.83. The number of benzene rings is 6. The Morgan fingerprint density at radius 3 is 1.22 bits per heavy atom. The van der Waals surface area contributed by atoms with Crippen LogP contribution in [0.3, 0.4) is 0 Å². The Bertz CT molecular complexity index is 3080. The van der Waals surface area contributed by atoms with E-state index in [1.165, 1.54) is 45.4 Å². The summed E-state index contributed by atoms with van der Waals surface area (Å²) >= 11 is 0. The molecule has 1 saturated heterocycles. The maximum Gasteiger partial charge on any atom is 0.338 e. The second-order valence-corrected chi connectivity index (χ2v) is 27.5. The van der Waals surface area contributed by atoms with Gasteiger partial charge in [-0.2, -0.15) is 0 Å². The summed E-state index contributed by atoms with van der Waals surface area (Å²) < 4.78 is 53.4. The number of rotatable bonds is 35. The highest BCUT2D eigenvalue weighted by atomic mass is 16.7. The highest BCUT2D eigenvalue weighted by Gasteiger charge is 2.25. The zero-order valence-corrected chi connectivity index (χ0v) is 65.5. The number of carbonyl (C=O) groups excluding carboxylic acids is 5. The first kappa shape index (κ1) is 95.1. The van der Waals surface area contributed by atoms with Gasteiger partial charge in [-0.25, -0.2) is 24.0 Å². The van der Waals surface area contributed by atoms with Crippen LogP contribution in [0.4, 0.5) is 0 Å². The summed E-state index contributed by atoms with van der Waals surface area (Å²) in [5.74, 6) is 1.22. The monoisotopic (exact) mass is 1460 g/mol. The SMILES string of the molecule is C.CC(C)(COCOc1ccccc1)COC(=O)c1ccccc1.CCC(C)(C)CC.CCC(CC)COC(=O)C(C)O.CCC1CO1.CCCCC.CCCCOC(=O)c1ccccc1-c1ccccc1C(=O)OCCCC.O=C(OCC1CCC(COCOc2ccccc2)CC1)c1ccccc1.[HH]. The minimum atomic E-state index is -1.00. The predicted octanol–water partition coefficient (Wildman–Crippen LogP) is 21.9. The molecule has 0 bridgehead atoms.